The Balaban J connectivity index is 2.24. The summed E-state index contributed by atoms with van der Waals surface area (Å²) in [4.78, 5) is 0. The Morgan fingerprint density at radius 2 is 2.00 bits per heavy atom. The van der Waals surface area contributed by atoms with Crippen molar-refractivity contribution in [1.29, 1.82) is 0 Å². The molecule has 10 heavy (non-hydrogen) atoms. The lowest BCUT2D eigenvalue weighted by Gasteiger charge is -2.22. The third-order valence-electron chi connectivity index (χ3n) is 1.45. The maximum absolute atomic E-state index is 5.22. The zero-order valence-electron chi connectivity index (χ0n) is 5.97. The number of rotatable bonds is 3. The minimum absolute atomic E-state index is 0.395. The Morgan fingerprint density at radius 1 is 1.40 bits per heavy atom. The van der Waals surface area contributed by atoms with Gasteiger partial charge in [-0.1, -0.05) is 15.9 Å². The molecule has 0 unspecified atom stereocenters. The van der Waals surface area contributed by atoms with Crippen LogP contribution < -0.4 is 0 Å². The van der Waals surface area contributed by atoms with E-state index in [4.69, 9.17) is 9.47 Å². The highest BCUT2D eigenvalue weighted by Gasteiger charge is 2.27. The first-order valence-corrected chi connectivity index (χ1v) is 4.46. The minimum Gasteiger partial charge on any atom is -0.457 e. The molecule has 0 aliphatic carbocycles. The van der Waals surface area contributed by atoms with Crippen molar-refractivity contribution in [3.8, 4) is 0 Å². The van der Waals surface area contributed by atoms with Gasteiger partial charge in [0.15, 0.2) is 0 Å². The van der Waals surface area contributed by atoms with E-state index < -0.39 is 5.79 Å². The predicted molar refractivity (Wildman–Crippen MR) is 42.7 cm³/mol. The van der Waals surface area contributed by atoms with Crippen LogP contribution in [0.2, 0.25) is 0 Å². The molecule has 0 aromatic carbocycles. The molecule has 3 heteroatoms. The molecule has 0 atom stereocenters. The SMILES string of the molecule is CC1(CCCBr)OC=CO1. The van der Waals surface area contributed by atoms with Crippen LogP contribution in [0.4, 0.5) is 0 Å². The fourth-order valence-corrected chi connectivity index (χ4v) is 1.16. The van der Waals surface area contributed by atoms with Crippen molar-refractivity contribution in [3.63, 3.8) is 0 Å². The van der Waals surface area contributed by atoms with E-state index in [0.717, 1.165) is 18.2 Å². The Kier molecular flexibility index (Phi) is 2.60. The molecule has 0 fully saturated rings. The molecule has 0 saturated heterocycles. The van der Waals surface area contributed by atoms with Crippen molar-refractivity contribution < 1.29 is 9.47 Å². The molecular weight excluding hydrogens is 196 g/mol. The van der Waals surface area contributed by atoms with Crippen molar-refractivity contribution in [2.24, 2.45) is 0 Å². The van der Waals surface area contributed by atoms with E-state index >= 15 is 0 Å². The lowest BCUT2D eigenvalue weighted by molar-refractivity contribution is -0.130. The standard InChI is InChI=1S/C7H11BrO2/c1-7(3-2-4-8)9-5-6-10-7/h5-6H,2-4H2,1H3. The first-order chi connectivity index (χ1) is 4.77. The molecular formula is C7H11BrO2. The van der Waals surface area contributed by atoms with E-state index in [-0.39, 0.29) is 0 Å². The molecule has 2 nitrogen and oxygen atoms in total. The highest BCUT2D eigenvalue weighted by atomic mass is 79.9. The third kappa shape index (κ3) is 1.90. The van der Waals surface area contributed by atoms with E-state index in [1.165, 1.54) is 0 Å². The largest absolute Gasteiger partial charge is 0.457 e. The smallest absolute Gasteiger partial charge is 0.247 e. The predicted octanol–water partition coefficient (Wildman–Crippen LogP) is 2.40. The highest BCUT2D eigenvalue weighted by molar-refractivity contribution is 9.09. The van der Waals surface area contributed by atoms with Gasteiger partial charge in [0.05, 0.1) is 0 Å². The van der Waals surface area contributed by atoms with E-state index in [0.29, 0.717) is 0 Å². The van der Waals surface area contributed by atoms with Gasteiger partial charge < -0.3 is 9.47 Å². The van der Waals surface area contributed by atoms with Gasteiger partial charge in [-0.2, -0.15) is 0 Å². The van der Waals surface area contributed by atoms with Crippen molar-refractivity contribution in [3.05, 3.63) is 12.5 Å². The lowest BCUT2D eigenvalue weighted by Crippen LogP contribution is -2.24. The van der Waals surface area contributed by atoms with Crippen LogP contribution in [0.3, 0.4) is 0 Å². The summed E-state index contributed by atoms with van der Waals surface area (Å²) >= 11 is 3.35. The van der Waals surface area contributed by atoms with Gasteiger partial charge in [0.25, 0.3) is 0 Å². The van der Waals surface area contributed by atoms with Crippen LogP contribution in [0.15, 0.2) is 12.5 Å². The van der Waals surface area contributed by atoms with Crippen LogP contribution in [0.1, 0.15) is 19.8 Å². The monoisotopic (exact) mass is 206 g/mol. The summed E-state index contributed by atoms with van der Waals surface area (Å²) in [6.07, 6.45) is 5.17. The van der Waals surface area contributed by atoms with Crippen LogP contribution in [0, 0.1) is 0 Å². The fourth-order valence-electron chi connectivity index (χ4n) is 0.877. The summed E-state index contributed by atoms with van der Waals surface area (Å²) in [5, 5.41) is 0.995. The van der Waals surface area contributed by atoms with Gasteiger partial charge in [0.2, 0.25) is 5.79 Å². The van der Waals surface area contributed by atoms with E-state index in [1.807, 2.05) is 6.92 Å². The van der Waals surface area contributed by atoms with Gasteiger partial charge >= 0.3 is 0 Å². The van der Waals surface area contributed by atoms with Gasteiger partial charge in [-0.05, 0) is 6.42 Å². The Labute approximate surface area is 69.3 Å². The molecule has 0 amide bonds. The molecule has 1 aliphatic rings. The molecule has 0 spiro atoms. The van der Waals surface area contributed by atoms with E-state index in [1.54, 1.807) is 12.5 Å². The molecule has 1 aliphatic heterocycles. The topological polar surface area (TPSA) is 18.5 Å². The zero-order valence-corrected chi connectivity index (χ0v) is 7.56. The molecule has 0 bridgehead atoms. The summed E-state index contributed by atoms with van der Waals surface area (Å²) in [5.41, 5.74) is 0. The van der Waals surface area contributed by atoms with Gasteiger partial charge in [0, 0.05) is 18.7 Å². The van der Waals surface area contributed by atoms with Crippen LogP contribution in [-0.4, -0.2) is 11.1 Å². The summed E-state index contributed by atoms with van der Waals surface area (Å²) in [7, 11) is 0. The van der Waals surface area contributed by atoms with E-state index in [9.17, 15) is 0 Å². The van der Waals surface area contributed by atoms with Crippen molar-refractivity contribution in [1.82, 2.24) is 0 Å². The number of hydrogen-bond acceptors (Lipinski definition) is 2. The number of ether oxygens (including phenoxy) is 2. The number of halogens is 1. The third-order valence-corrected chi connectivity index (χ3v) is 2.02. The van der Waals surface area contributed by atoms with Crippen molar-refractivity contribution >= 4 is 15.9 Å². The lowest BCUT2D eigenvalue weighted by atomic mass is 10.2. The molecule has 0 aromatic rings. The normalized spacial score (nSPS) is 20.2. The second-order valence-electron chi connectivity index (χ2n) is 2.43. The Bertz CT molecular complexity index is 126. The van der Waals surface area contributed by atoms with Crippen LogP contribution in [0.5, 0.6) is 0 Å². The minimum atomic E-state index is -0.395. The molecule has 1 heterocycles. The summed E-state index contributed by atoms with van der Waals surface area (Å²) in [6, 6.07) is 0. The van der Waals surface area contributed by atoms with Crippen LogP contribution >= 0.6 is 15.9 Å². The summed E-state index contributed by atoms with van der Waals surface area (Å²) < 4.78 is 10.4. The summed E-state index contributed by atoms with van der Waals surface area (Å²) in [5.74, 6) is -0.395. The maximum Gasteiger partial charge on any atom is 0.247 e. The number of hydrogen-bond donors (Lipinski definition) is 0. The first kappa shape index (κ1) is 7.92. The molecule has 1 rings (SSSR count). The Hall–Kier alpha value is -0.180. The number of alkyl halides is 1. The molecule has 0 N–H and O–H groups in total. The Morgan fingerprint density at radius 3 is 2.50 bits per heavy atom. The van der Waals surface area contributed by atoms with Crippen LogP contribution in [-0.2, 0) is 9.47 Å². The molecule has 0 saturated carbocycles. The van der Waals surface area contributed by atoms with Crippen molar-refractivity contribution in [2.75, 3.05) is 5.33 Å². The van der Waals surface area contributed by atoms with Gasteiger partial charge in [0.1, 0.15) is 12.5 Å². The summed E-state index contributed by atoms with van der Waals surface area (Å²) in [6.45, 7) is 1.94. The highest BCUT2D eigenvalue weighted by Crippen LogP contribution is 2.24. The molecule has 0 radical (unpaired) electrons. The van der Waals surface area contributed by atoms with Gasteiger partial charge in [-0.3, -0.25) is 0 Å². The fraction of sp³-hybridized carbons (Fsp3) is 0.714. The average molecular weight is 207 g/mol. The van der Waals surface area contributed by atoms with Gasteiger partial charge in [-0.25, -0.2) is 0 Å². The van der Waals surface area contributed by atoms with Crippen molar-refractivity contribution in [2.45, 2.75) is 25.6 Å². The first-order valence-electron chi connectivity index (χ1n) is 3.33. The second kappa shape index (κ2) is 3.28. The quantitative estimate of drug-likeness (QED) is 0.661. The molecule has 0 aromatic heterocycles. The maximum atomic E-state index is 5.22. The average Bonchev–Trinajstić information content (AvgIpc) is 2.33. The van der Waals surface area contributed by atoms with E-state index in [2.05, 4.69) is 15.9 Å². The van der Waals surface area contributed by atoms with Gasteiger partial charge in [-0.15, -0.1) is 0 Å². The molecule has 58 valence electrons. The van der Waals surface area contributed by atoms with Crippen LogP contribution in [0.25, 0.3) is 0 Å². The second-order valence-corrected chi connectivity index (χ2v) is 3.23. The zero-order chi connectivity index (χ0) is 7.45.